The minimum atomic E-state index is -0.432. The number of hydrogen-bond acceptors (Lipinski definition) is 8. The predicted octanol–water partition coefficient (Wildman–Crippen LogP) is 2.20. The summed E-state index contributed by atoms with van der Waals surface area (Å²) in [6.45, 7) is 5.09. The lowest BCUT2D eigenvalue weighted by Gasteiger charge is -2.06. The zero-order valence-corrected chi connectivity index (χ0v) is 16.9. The summed E-state index contributed by atoms with van der Waals surface area (Å²) in [5, 5.41) is 0.861. The van der Waals surface area contributed by atoms with Crippen LogP contribution in [0.15, 0.2) is 9.79 Å². The second-order valence-electron chi connectivity index (χ2n) is 6.07. The van der Waals surface area contributed by atoms with Crippen LogP contribution in [0, 0.1) is 6.92 Å². The molecule has 0 aliphatic carbocycles. The summed E-state index contributed by atoms with van der Waals surface area (Å²) in [5.41, 5.74) is 6.26. The van der Waals surface area contributed by atoms with E-state index in [2.05, 4.69) is 15.0 Å². The van der Waals surface area contributed by atoms with E-state index in [0.29, 0.717) is 43.9 Å². The van der Waals surface area contributed by atoms with Gasteiger partial charge in [-0.2, -0.15) is 0 Å². The van der Waals surface area contributed by atoms with E-state index in [1.54, 1.807) is 13.8 Å². The van der Waals surface area contributed by atoms with Crippen LogP contribution in [0.4, 0.5) is 0 Å². The lowest BCUT2D eigenvalue weighted by Crippen LogP contribution is -2.16. The fraction of sp³-hybridized carbons (Fsp3) is 0.529. The zero-order chi connectivity index (χ0) is 19.4. The van der Waals surface area contributed by atoms with Crippen LogP contribution >= 0.6 is 23.1 Å². The van der Waals surface area contributed by atoms with Crippen LogP contribution in [0.2, 0.25) is 0 Å². The number of fused-ring (bicyclic) bond motifs is 1. The maximum atomic E-state index is 12.4. The van der Waals surface area contributed by atoms with Crippen LogP contribution in [0.1, 0.15) is 40.8 Å². The monoisotopic (exact) mass is 410 g/mol. The number of carbonyl (C=O) groups excluding carboxylic acids is 1. The molecule has 1 saturated heterocycles. The van der Waals surface area contributed by atoms with Gasteiger partial charge in [0.2, 0.25) is 0 Å². The van der Waals surface area contributed by atoms with E-state index in [1.165, 1.54) is 23.1 Å². The average Bonchev–Trinajstić information content (AvgIpc) is 3.26. The number of aliphatic imine (C=N–C) groups is 1. The molecule has 0 unspecified atom stereocenters. The molecule has 0 radical (unpaired) electrons. The van der Waals surface area contributed by atoms with Gasteiger partial charge in [0.1, 0.15) is 15.5 Å². The summed E-state index contributed by atoms with van der Waals surface area (Å²) < 4.78 is 10.6. The molecule has 1 aliphatic heterocycles. The summed E-state index contributed by atoms with van der Waals surface area (Å²) in [6, 6.07) is 0. The molecular formula is C17H22N4O4S2. The Hall–Kier alpha value is -1.91. The van der Waals surface area contributed by atoms with Crippen LogP contribution in [-0.2, 0) is 15.2 Å². The van der Waals surface area contributed by atoms with Gasteiger partial charge in [-0.05, 0) is 32.3 Å². The van der Waals surface area contributed by atoms with E-state index in [0.717, 1.165) is 19.4 Å². The Labute approximate surface area is 164 Å². The molecule has 2 aromatic rings. The van der Waals surface area contributed by atoms with Crippen molar-refractivity contribution in [3.63, 3.8) is 0 Å². The Morgan fingerprint density at radius 2 is 2.37 bits per heavy atom. The molecule has 0 saturated carbocycles. The van der Waals surface area contributed by atoms with Gasteiger partial charge < -0.3 is 20.2 Å². The van der Waals surface area contributed by atoms with Crippen LogP contribution in [-0.4, -0.2) is 47.0 Å². The van der Waals surface area contributed by atoms with Gasteiger partial charge in [-0.3, -0.25) is 9.79 Å². The van der Waals surface area contributed by atoms with Crippen molar-refractivity contribution in [2.45, 2.75) is 38.5 Å². The molecule has 0 bridgehead atoms. The first kappa shape index (κ1) is 19.8. The van der Waals surface area contributed by atoms with Crippen molar-refractivity contribution in [1.82, 2.24) is 9.97 Å². The van der Waals surface area contributed by atoms with Gasteiger partial charge >= 0.3 is 5.97 Å². The van der Waals surface area contributed by atoms with Crippen molar-refractivity contribution in [3.05, 3.63) is 26.6 Å². The van der Waals surface area contributed by atoms with Gasteiger partial charge in [0.25, 0.3) is 5.56 Å². The highest BCUT2D eigenvalue weighted by Crippen LogP contribution is 2.28. The summed E-state index contributed by atoms with van der Waals surface area (Å²) in [5.74, 6) is 0.445. The van der Waals surface area contributed by atoms with Crippen molar-refractivity contribution in [3.8, 4) is 0 Å². The molecule has 1 atom stereocenters. The number of thioether (sulfide) groups is 1. The molecule has 3 rings (SSSR count). The average molecular weight is 411 g/mol. The number of hydrogen-bond donors (Lipinski definition) is 2. The van der Waals surface area contributed by atoms with Crippen LogP contribution < -0.4 is 11.3 Å². The molecule has 1 aliphatic rings. The Kier molecular flexibility index (Phi) is 6.51. The number of H-pyrrole nitrogens is 1. The minimum Gasteiger partial charge on any atom is -0.462 e. The Morgan fingerprint density at radius 1 is 1.56 bits per heavy atom. The summed E-state index contributed by atoms with van der Waals surface area (Å²) in [4.78, 5) is 36.9. The molecule has 8 nitrogen and oxygen atoms in total. The Morgan fingerprint density at radius 3 is 3.07 bits per heavy atom. The first-order chi connectivity index (χ1) is 13.0. The van der Waals surface area contributed by atoms with E-state index < -0.39 is 5.97 Å². The van der Waals surface area contributed by atoms with E-state index in [9.17, 15) is 9.59 Å². The topological polar surface area (TPSA) is 120 Å². The number of nitrogens with zero attached hydrogens (tertiary/aromatic N) is 2. The standard InChI is InChI=1S/C17H22N4O4S2/c1-3-24-16(23)13-9(2)12-14(22)20-11(21-15(12)27-13)8-26-17(18)19-7-10-5-4-6-25-10/h10H,3-8H2,1-2H3,(H2,18,19)(H,20,21,22)/t10-/m1/s1. The number of rotatable bonds is 6. The van der Waals surface area contributed by atoms with E-state index in [4.69, 9.17) is 15.2 Å². The van der Waals surface area contributed by atoms with Gasteiger partial charge in [0.15, 0.2) is 5.17 Å². The number of carbonyl (C=O) groups is 1. The quantitative estimate of drug-likeness (QED) is 0.425. The Balaban J connectivity index is 1.72. The summed E-state index contributed by atoms with van der Waals surface area (Å²) in [6.07, 6.45) is 2.22. The number of esters is 1. The van der Waals surface area contributed by atoms with Crippen molar-refractivity contribution >= 4 is 44.5 Å². The molecule has 0 spiro atoms. The minimum absolute atomic E-state index is 0.147. The van der Waals surface area contributed by atoms with Gasteiger partial charge in [0, 0.05) is 6.61 Å². The fourth-order valence-electron chi connectivity index (χ4n) is 2.82. The molecule has 0 amide bonds. The molecule has 3 heterocycles. The smallest absolute Gasteiger partial charge is 0.348 e. The molecular weight excluding hydrogens is 388 g/mol. The van der Waals surface area contributed by atoms with E-state index in [-0.39, 0.29) is 18.3 Å². The van der Waals surface area contributed by atoms with Crippen molar-refractivity contribution in [2.24, 2.45) is 10.7 Å². The third kappa shape index (κ3) is 4.69. The normalized spacial score (nSPS) is 17.6. The lowest BCUT2D eigenvalue weighted by atomic mass is 10.2. The van der Waals surface area contributed by atoms with E-state index >= 15 is 0 Å². The molecule has 0 aromatic carbocycles. The van der Waals surface area contributed by atoms with Gasteiger partial charge in [-0.15, -0.1) is 11.3 Å². The number of ether oxygens (including phenoxy) is 2. The van der Waals surface area contributed by atoms with Crippen molar-refractivity contribution in [2.75, 3.05) is 19.8 Å². The van der Waals surface area contributed by atoms with Crippen LogP contribution in [0.5, 0.6) is 0 Å². The SMILES string of the molecule is CCOC(=O)c1sc2nc(CSC(N)=NC[C@H]3CCCO3)[nH]c(=O)c2c1C. The van der Waals surface area contributed by atoms with Gasteiger partial charge in [-0.1, -0.05) is 11.8 Å². The summed E-state index contributed by atoms with van der Waals surface area (Å²) in [7, 11) is 0. The lowest BCUT2D eigenvalue weighted by molar-refractivity contribution is 0.0531. The summed E-state index contributed by atoms with van der Waals surface area (Å²) >= 11 is 2.48. The predicted molar refractivity (Wildman–Crippen MR) is 108 cm³/mol. The van der Waals surface area contributed by atoms with Gasteiger partial charge in [0.05, 0.1) is 30.4 Å². The maximum absolute atomic E-state index is 12.4. The first-order valence-electron chi connectivity index (χ1n) is 8.73. The fourth-order valence-corrected chi connectivity index (χ4v) is 4.50. The number of amidine groups is 1. The first-order valence-corrected chi connectivity index (χ1v) is 10.5. The maximum Gasteiger partial charge on any atom is 0.348 e. The highest BCUT2D eigenvalue weighted by atomic mass is 32.2. The van der Waals surface area contributed by atoms with Gasteiger partial charge in [-0.25, -0.2) is 9.78 Å². The van der Waals surface area contributed by atoms with Crippen LogP contribution in [0.3, 0.4) is 0 Å². The number of thiophene rings is 1. The molecule has 3 N–H and O–H groups in total. The van der Waals surface area contributed by atoms with Crippen LogP contribution in [0.25, 0.3) is 10.2 Å². The largest absolute Gasteiger partial charge is 0.462 e. The third-order valence-electron chi connectivity index (χ3n) is 4.14. The number of nitrogens with one attached hydrogen (secondary N) is 1. The highest BCUT2D eigenvalue weighted by Gasteiger charge is 2.20. The molecule has 146 valence electrons. The van der Waals surface area contributed by atoms with Crippen molar-refractivity contribution in [1.29, 1.82) is 0 Å². The third-order valence-corrected chi connectivity index (χ3v) is 6.15. The zero-order valence-electron chi connectivity index (χ0n) is 15.2. The highest BCUT2D eigenvalue weighted by molar-refractivity contribution is 8.13. The van der Waals surface area contributed by atoms with Crippen molar-refractivity contribution < 1.29 is 14.3 Å². The molecule has 10 heteroatoms. The molecule has 27 heavy (non-hydrogen) atoms. The number of nitrogens with two attached hydrogens (primary N) is 1. The second-order valence-corrected chi connectivity index (χ2v) is 8.07. The number of aromatic nitrogens is 2. The number of aryl methyl sites for hydroxylation is 1. The number of aromatic amines is 1. The molecule has 1 fully saturated rings. The second kappa shape index (κ2) is 8.85. The van der Waals surface area contributed by atoms with E-state index in [1.807, 2.05) is 0 Å². The molecule has 2 aromatic heterocycles. The Bertz CT molecular complexity index is 916.